The Hall–Kier alpha value is -1.13. The smallest absolute Gasteiger partial charge is 0.109 e. The second-order valence-corrected chi connectivity index (χ2v) is 5.67. The monoisotopic (exact) mass is 249 g/mol. The van der Waals surface area contributed by atoms with Gasteiger partial charge in [-0.1, -0.05) is 0 Å². The second kappa shape index (κ2) is 5.47. The summed E-state index contributed by atoms with van der Waals surface area (Å²) in [6.45, 7) is 6.28. The molecule has 2 rings (SSSR count). The molecule has 1 N–H and O–H groups in total. The molecule has 92 valence electrons. The molecule has 2 heterocycles. The van der Waals surface area contributed by atoms with E-state index in [1.165, 1.54) is 15.3 Å². The van der Waals surface area contributed by atoms with Crippen LogP contribution in [0, 0.1) is 13.8 Å². The van der Waals surface area contributed by atoms with E-state index >= 15 is 0 Å². The summed E-state index contributed by atoms with van der Waals surface area (Å²) in [5.74, 6) is 1.14. The Labute approximate surface area is 107 Å². The minimum atomic E-state index is 0.962. The minimum Gasteiger partial charge on any atom is -0.338 e. The van der Waals surface area contributed by atoms with E-state index in [1.54, 1.807) is 0 Å². The number of hydrogen-bond acceptors (Lipinski definition) is 3. The molecule has 3 nitrogen and oxygen atoms in total. The van der Waals surface area contributed by atoms with Gasteiger partial charge in [-0.3, -0.25) is 0 Å². The molecule has 2 aromatic rings. The van der Waals surface area contributed by atoms with Gasteiger partial charge in [-0.25, -0.2) is 4.98 Å². The predicted molar refractivity (Wildman–Crippen MR) is 72.4 cm³/mol. The number of thiophene rings is 1. The summed E-state index contributed by atoms with van der Waals surface area (Å²) in [4.78, 5) is 7.14. The lowest BCUT2D eigenvalue weighted by atomic mass is 10.3. The first-order valence-corrected chi connectivity index (χ1v) is 6.71. The molecule has 0 aliphatic carbocycles. The van der Waals surface area contributed by atoms with E-state index in [0.717, 1.165) is 25.3 Å². The SMILES string of the molecule is Cc1cc(CNCCc2nccn2C)sc1C. The van der Waals surface area contributed by atoms with Crippen molar-refractivity contribution < 1.29 is 0 Å². The lowest BCUT2D eigenvalue weighted by Gasteiger charge is -2.03. The largest absolute Gasteiger partial charge is 0.338 e. The number of imidazole rings is 1. The molecule has 17 heavy (non-hydrogen) atoms. The molecular formula is C13H19N3S. The molecule has 4 heteroatoms. The molecule has 0 fully saturated rings. The first kappa shape index (κ1) is 12.3. The Balaban J connectivity index is 1.75. The Morgan fingerprint density at radius 2 is 2.24 bits per heavy atom. The van der Waals surface area contributed by atoms with Gasteiger partial charge in [0.1, 0.15) is 5.82 Å². The minimum absolute atomic E-state index is 0.962. The van der Waals surface area contributed by atoms with E-state index in [9.17, 15) is 0 Å². The van der Waals surface area contributed by atoms with Crippen molar-refractivity contribution in [1.82, 2.24) is 14.9 Å². The number of aromatic nitrogens is 2. The van der Waals surface area contributed by atoms with Crippen LogP contribution >= 0.6 is 11.3 Å². The van der Waals surface area contributed by atoms with Crippen LogP contribution in [0.15, 0.2) is 18.5 Å². The lowest BCUT2D eigenvalue weighted by molar-refractivity contribution is 0.659. The topological polar surface area (TPSA) is 29.9 Å². The molecule has 0 atom stereocenters. The van der Waals surface area contributed by atoms with Crippen molar-refractivity contribution in [2.75, 3.05) is 6.54 Å². The highest BCUT2D eigenvalue weighted by Crippen LogP contribution is 2.20. The summed E-state index contributed by atoms with van der Waals surface area (Å²) in [7, 11) is 2.04. The van der Waals surface area contributed by atoms with Gasteiger partial charge in [0.15, 0.2) is 0 Å². The second-order valence-electron chi connectivity index (χ2n) is 4.33. The van der Waals surface area contributed by atoms with E-state index in [2.05, 4.69) is 34.8 Å². The van der Waals surface area contributed by atoms with Crippen molar-refractivity contribution in [2.45, 2.75) is 26.8 Å². The van der Waals surface area contributed by atoms with Crippen LogP contribution in [0.25, 0.3) is 0 Å². The van der Waals surface area contributed by atoms with Crippen LogP contribution in [0.2, 0.25) is 0 Å². The standard InChI is InChI=1S/C13H19N3S/c1-10-8-12(17-11(10)2)9-14-5-4-13-15-6-7-16(13)3/h6-8,14H,4-5,9H2,1-3H3. The molecule has 0 unspecified atom stereocenters. The zero-order valence-corrected chi connectivity index (χ0v) is 11.5. The average Bonchev–Trinajstić information content (AvgIpc) is 2.82. The van der Waals surface area contributed by atoms with Crippen LogP contribution in [0.1, 0.15) is 21.1 Å². The van der Waals surface area contributed by atoms with E-state index < -0.39 is 0 Å². The van der Waals surface area contributed by atoms with Crippen molar-refractivity contribution in [2.24, 2.45) is 7.05 Å². The molecule has 0 amide bonds. The summed E-state index contributed by atoms with van der Waals surface area (Å²) < 4.78 is 2.07. The van der Waals surface area contributed by atoms with Gasteiger partial charge in [-0.15, -0.1) is 11.3 Å². The van der Waals surface area contributed by atoms with Crippen LogP contribution < -0.4 is 5.32 Å². The number of nitrogens with zero attached hydrogens (tertiary/aromatic N) is 2. The zero-order valence-electron chi connectivity index (χ0n) is 10.7. The Morgan fingerprint density at radius 3 is 2.82 bits per heavy atom. The van der Waals surface area contributed by atoms with Crippen LogP contribution in [0.5, 0.6) is 0 Å². The third-order valence-electron chi connectivity index (χ3n) is 2.96. The fourth-order valence-corrected chi connectivity index (χ4v) is 2.81. The summed E-state index contributed by atoms with van der Waals surface area (Å²) in [5.41, 5.74) is 1.40. The Morgan fingerprint density at radius 1 is 1.41 bits per heavy atom. The highest BCUT2D eigenvalue weighted by Gasteiger charge is 2.02. The number of nitrogens with one attached hydrogen (secondary N) is 1. The van der Waals surface area contributed by atoms with Gasteiger partial charge in [-0.05, 0) is 25.5 Å². The number of rotatable bonds is 5. The molecule has 0 radical (unpaired) electrons. The summed E-state index contributed by atoms with van der Waals surface area (Å²) in [6.07, 6.45) is 4.81. The quantitative estimate of drug-likeness (QED) is 0.825. The zero-order chi connectivity index (χ0) is 12.3. The maximum absolute atomic E-state index is 4.30. The predicted octanol–water partition coefficient (Wildman–Crippen LogP) is 2.43. The van der Waals surface area contributed by atoms with Crippen LogP contribution in [0.4, 0.5) is 0 Å². The van der Waals surface area contributed by atoms with Crippen molar-refractivity contribution in [3.63, 3.8) is 0 Å². The molecule has 0 aliphatic heterocycles. The third-order valence-corrected chi connectivity index (χ3v) is 4.12. The van der Waals surface area contributed by atoms with Crippen molar-refractivity contribution in [1.29, 1.82) is 0 Å². The molecule has 0 saturated heterocycles. The van der Waals surface area contributed by atoms with Gasteiger partial charge < -0.3 is 9.88 Å². The van der Waals surface area contributed by atoms with Gasteiger partial charge in [0.25, 0.3) is 0 Å². The van der Waals surface area contributed by atoms with Crippen molar-refractivity contribution in [3.8, 4) is 0 Å². The summed E-state index contributed by atoms with van der Waals surface area (Å²) >= 11 is 1.88. The van der Waals surface area contributed by atoms with Gasteiger partial charge in [0.05, 0.1) is 0 Å². The Bertz CT molecular complexity index is 465. The maximum Gasteiger partial charge on any atom is 0.109 e. The average molecular weight is 249 g/mol. The molecule has 0 spiro atoms. The molecule has 0 aromatic carbocycles. The van der Waals surface area contributed by atoms with E-state index in [0.29, 0.717) is 0 Å². The number of hydrogen-bond donors (Lipinski definition) is 1. The fraction of sp³-hybridized carbons (Fsp3) is 0.462. The van der Waals surface area contributed by atoms with Gasteiger partial charge in [0, 0.05) is 48.7 Å². The van der Waals surface area contributed by atoms with Gasteiger partial charge in [-0.2, -0.15) is 0 Å². The van der Waals surface area contributed by atoms with E-state index in [4.69, 9.17) is 0 Å². The van der Waals surface area contributed by atoms with Crippen LogP contribution in [0.3, 0.4) is 0 Å². The fourth-order valence-electron chi connectivity index (χ4n) is 1.79. The summed E-state index contributed by atoms with van der Waals surface area (Å²) in [6, 6.07) is 2.27. The molecule has 0 bridgehead atoms. The highest BCUT2D eigenvalue weighted by molar-refractivity contribution is 7.12. The van der Waals surface area contributed by atoms with Crippen LogP contribution in [-0.4, -0.2) is 16.1 Å². The Kier molecular flexibility index (Phi) is 3.97. The maximum atomic E-state index is 4.30. The normalized spacial score (nSPS) is 11.0. The van der Waals surface area contributed by atoms with E-state index in [1.807, 2.05) is 30.8 Å². The molecular weight excluding hydrogens is 230 g/mol. The van der Waals surface area contributed by atoms with E-state index in [-0.39, 0.29) is 0 Å². The first-order valence-electron chi connectivity index (χ1n) is 5.89. The molecule has 2 aromatic heterocycles. The molecule has 0 saturated carbocycles. The molecule has 0 aliphatic rings. The highest BCUT2D eigenvalue weighted by atomic mass is 32.1. The van der Waals surface area contributed by atoms with Gasteiger partial charge >= 0.3 is 0 Å². The van der Waals surface area contributed by atoms with Crippen LogP contribution in [-0.2, 0) is 20.0 Å². The first-order chi connectivity index (χ1) is 8.16. The van der Waals surface area contributed by atoms with Crippen molar-refractivity contribution >= 4 is 11.3 Å². The lowest BCUT2D eigenvalue weighted by Crippen LogP contribution is -2.17. The third kappa shape index (κ3) is 3.17. The van der Waals surface area contributed by atoms with Gasteiger partial charge in [0.2, 0.25) is 0 Å². The number of aryl methyl sites for hydroxylation is 3. The summed E-state index contributed by atoms with van der Waals surface area (Å²) in [5, 5.41) is 3.46. The van der Waals surface area contributed by atoms with Crippen molar-refractivity contribution in [3.05, 3.63) is 39.6 Å².